The van der Waals surface area contributed by atoms with Crippen molar-refractivity contribution in [3.8, 4) is 0 Å². The van der Waals surface area contributed by atoms with Gasteiger partial charge in [-0.2, -0.15) is 0 Å². The molecule has 0 radical (unpaired) electrons. The molecule has 0 N–H and O–H groups in total. The summed E-state index contributed by atoms with van der Waals surface area (Å²) in [7, 11) is 0. The van der Waals surface area contributed by atoms with Gasteiger partial charge in [0, 0.05) is 12.1 Å². The van der Waals surface area contributed by atoms with Gasteiger partial charge < -0.3 is 4.90 Å². The quantitative estimate of drug-likeness (QED) is 0.840. The van der Waals surface area contributed by atoms with Gasteiger partial charge in [-0.1, -0.05) is 12.1 Å². The fourth-order valence-electron chi connectivity index (χ4n) is 3.33. The molecule has 1 saturated heterocycles. The van der Waals surface area contributed by atoms with Crippen molar-refractivity contribution in [2.75, 3.05) is 0 Å². The minimum atomic E-state index is -0.208. The van der Waals surface area contributed by atoms with Gasteiger partial charge in [-0.3, -0.25) is 4.79 Å². The minimum Gasteiger partial charge on any atom is -0.332 e. The molecule has 0 unspecified atom stereocenters. The van der Waals surface area contributed by atoms with Gasteiger partial charge in [-0.25, -0.2) is 9.37 Å². The van der Waals surface area contributed by atoms with Crippen LogP contribution in [0.1, 0.15) is 47.1 Å². The lowest BCUT2D eigenvalue weighted by Crippen LogP contribution is -2.40. The van der Waals surface area contributed by atoms with E-state index in [4.69, 9.17) is 0 Å². The molecule has 1 fully saturated rings. The first kappa shape index (κ1) is 16.1. The van der Waals surface area contributed by atoms with E-state index in [1.807, 2.05) is 24.0 Å². The topological polar surface area (TPSA) is 33.2 Å². The molecule has 0 spiro atoms. The molecule has 1 aromatic heterocycles. The van der Waals surface area contributed by atoms with Crippen LogP contribution >= 0.6 is 11.3 Å². The number of aromatic nitrogens is 1. The molecule has 0 saturated carbocycles. The summed E-state index contributed by atoms with van der Waals surface area (Å²) in [6, 6.07) is 7.17. The Hall–Kier alpha value is -1.75. The first-order chi connectivity index (χ1) is 11.1. The smallest absolute Gasteiger partial charge is 0.266 e. The summed E-state index contributed by atoms with van der Waals surface area (Å²) in [6.45, 7) is 4.00. The largest absolute Gasteiger partial charge is 0.332 e. The van der Waals surface area contributed by atoms with Crippen molar-refractivity contribution in [3.05, 3.63) is 51.7 Å². The monoisotopic (exact) mass is 332 g/mol. The van der Waals surface area contributed by atoms with Gasteiger partial charge in [-0.15, -0.1) is 11.3 Å². The number of rotatable bonds is 4. The second-order valence-corrected chi connectivity index (χ2v) is 7.08. The van der Waals surface area contributed by atoms with Crippen LogP contribution in [-0.2, 0) is 6.42 Å². The summed E-state index contributed by atoms with van der Waals surface area (Å²) >= 11 is 1.42. The molecule has 5 heteroatoms. The molecular formula is C18H21FN2OS. The highest BCUT2D eigenvalue weighted by molar-refractivity contribution is 7.11. The number of amides is 1. The number of nitrogens with zero attached hydrogens (tertiary/aromatic N) is 2. The van der Waals surface area contributed by atoms with Gasteiger partial charge in [0.05, 0.1) is 11.2 Å². The Balaban J connectivity index is 1.70. The van der Waals surface area contributed by atoms with Crippen molar-refractivity contribution in [2.24, 2.45) is 0 Å². The highest BCUT2D eigenvalue weighted by Crippen LogP contribution is 2.30. The van der Waals surface area contributed by atoms with Crippen molar-refractivity contribution in [2.45, 2.75) is 51.6 Å². The van der Waals surface area contributed by atoms with Crippen molar-refractivity contribution < 1.29 is 9.18 Å². The zero-order chi connectivity index (χ0) is 16.4. The Labute approximate surface area is 140 Å². The average Bonchev–Trinajstić information content (AvgIpc) is 3.12. The van der Waals surface area contributed by atoms with Crippen LogP contribution < -0.4 is 0 Å². The summed E-state index contributed by atoms with van der Waals surface area (Å²) < 4.78 is 13.0. The molecule has 2 heterocycles. The Morgan fingerprint density at radius 2 is 2.09 bits per heavy atom. The SMILES string of the molecule is Cc1ncsc1C(=O)N1[C@@H](CCc2ccc(F)cc2)CC[C@H]1C. The molecule has 3 nitrogen and oxygen atoms in total. The molecule has 0 bridgehead atoms. The first-order valence-electron chi connectivity index (χ1n) is 8.03. The van der Waals surface area contributed by atoms with Gasteiger partial charge >= 0.3 is 0 Å². The van der Waals surface area contributed by atoms with E-state index >= 15 is 0 Å². The lowest BCUT2D eigenvalue weighted by atomic mass is 10.0. The van der Waals surface area contributed by atoms with Crippen LogP contribution in [0.5, 0.6) is 0 Å². The number of likely N-dealkylation sites (tertiary alicyclic amines) is 1. The van der Waals surface area contributed by atoms with Crippen molar-refractivity contribution in [3.63, 3.8) is 0 Å². The van der Waals surface area contributed by atoms with Crippen molar-refractivity contribution in [1.82, 2.24) is 9.88 Å². The third-order valence-corrected chi connectivity index (χ3v) is 5.56. The summed E-state index contributed by atoms with van der Waals surface area (Å²) in [4.78, 5) is 19.8. The van der Waals surface area contributed by atoms with E-state index < -0.39 is 0 Å². The maximum atomic E-state index is 13.0. The molecule has 122 valence electrons. The Morgan fingerprint density at radius 3 is 2.74 bits per heavy atom. The lowest BCUT2D eigenvalue weighted by Gasteiger charge is -2.28. The second-order valence-electron chi connectivity index (χ2n) is 6.22. The summed E-state index contributed by atoms with van der Waals surface area (Å²) in [6.07, 6.45) is 3.85. The van der Waals surface area contributed by atoms with Gasteiger partial charge in [0.1, 0.15) is 10.7 Å². The van der Waals surface area contributed by atoms with E-state index in [-0.39, 0.29) is 23.8 Å². The number of carbonyl (C=O) groups is 1. The maximum Gasteiger partial charge on any atom is 0.266 e. The number of halogens is 1. The van der Waals surface area contributed by atoms with E-state index in [0.717, 1.165) is 41.8 Å². The lowest BCUT2D eigenvalue weighted by molar-refractivity contribution is 0.0677. The van der Waals surface area contributed by atoms with Gasteiger partial charge in [0.25, 0.3) is 5.91 Å². The van der Waals surface area contributed by atoms with Gasteiger partial charge in [0.15, 0.2) is 0 Å². The number of carbonyl (C=O) groups excluding carboxylic acids is 1. The number of thiazole rings is 1. The van der Waals surface area contributed by atoms with Crippen LogP contribution in [0.15, 0.2) is 29.8 Å². The minimum absolute atomic E-state index is 0.110. The van der Waals surface area contributed by atoms with Gasteiger partial charge in [-0.05, 0) is 57.2 Å². The Morgan fingerprint density at radius 1 is 1.35 bits per heavy atom. The number of hydrogen-bond donors (Lipinski definition) is 0. The molecule has 23 heavy (non-hydrogen) atoms. The van der Waals surface area contributed by atoms with Crippen LogP contribution in [0.3, 0.4) is 0 Å². The number of hydrogen-bond acceptors (Lipinski definition) is 3. The maximum absolute atomic E-state index is 13.0. The average molecular weight is 332 g/mol. The second kappa shape index (κ2) is 6.79. The fraction of sp³-hybridized carbons (Fsp3) is 0.444. The number of benzene rings is 1. The summed E-state index contributed by atoms with van der Waals surface area (Å²) in [5.41, 5.74) is 3.67. The molecular weight excluding hydrogens is 311 g/mol. The Bertz CT molecular complexity index is 683. The molecule has 3 rings (SSSR count). The molecule has 2 atom stereocenters. The molecule has 0 aliphatic carbocycles. The number of aryl methyl sites for hydroxylation is 2. The van der Waals surface area contributed by atoms with Crippen LogP contribution in [0.2, 0.25) is 0 Å². The molecule has 2 aromatic rings. The van der Waals surface area contributed by atoms with E-state index in [9.17, 15) is 9.18 Å². The summed E-state index contributed by atoms with van der Waals surface area (Å²) in [5, 5.41) is 0. The standard InChI is InChI=1S/C18H21FN2OS/c1-12-3-9-16(10-6-14-4-7-15(19)8-5-14)21(12)18(22)17-13(2)20-11-23-17/h4-5,7-8,11-12,16H,3,6,9-10H2,1-2H3/t12-,16-/m1/s1. The van der Waals surface area contributed by atoms with Crippen LogP contribution in [0, 0.1) is 12.7 Å². The summed E-state index contributed by atoms with van der Waals surface area (Å²) in [5.74, 6) is -0.0974. The highest BCUT2D eigenvalue weighted by Gasteiger charge is 2.35. The van der Waals surface area contributed by atoms with E-state index in [0.29, 0.717) is 0 Å². The van der Waals surface area contributed by atoms with E-state index in [2.05, 4.69) is 11.9 Å². The highest BCUT2D eigenvalue weighted by atomic mass is 32.1. The van der Waals surface area contributed by atoms with E-state index in [1.54, 1.807) is 5.51 Å². The van der Waals surface area contributed by atoms with E-state index in [1.165, 1.54) is 23.5 Å². The van der Waals surface area contributed by atoms with Gasteiger partial charge in [0.2, 0.25) is 0 Å². The third-order valence-electron chi connectivity index (χ3n) is 4.64. The molecule has 1 amide bonds. The predicted octanol–water partition coefficient (Wildman–Crippen LogP) is 4.22. The predicted molar refractivity (Wildman–Crippen MR) is 90.2 cm³/mol. The molecule has 1 aliphatic heterocycles. The third kappa shape index (κ3) is 3.44. The van der Waals surface area contributed by atoms with Crippen molar-refractivity contribution in [1.29, 1.82) is 0 Å². The molecule has 1 aromatic carbocycles. The van der Waals surface area contributed by atoms with Crippen molar-refractivity contribution >= 4 is 17.2 Å². The fourth-order valence-corrected chi connectivity index (χ4v) is 4.08. The normalized spacial score (nSPS) is 20.9. The zero-order valence-corrected chi connectivity index (χ0v) is 14.3. The Kier molecular flexibility index (Phi) is 4.76. The van der Waals surface area contributed by atoms with Crippen LogP contribution in [0.25, 0.3) is 0 Å². The molecule has 1 aliphatic rings. The zero-order valence-electron chi connectivity index (χ0n) is 13.5. The van der Waals surface area contributed by atoms with Crippen LogP contribution in [0.4, 0.5) is 4.39 Å². The first-order valence-corrected chi connectivity index (χ1v) is 8.91. The van der Waals surface area contributed by atoms with Crippen LogP contribution in [-0.4, -0.2) is 27.9 Å².